The zero-order chi connectivity index (χ0) is 30.6. The van der Waals surface area contributed by atoms with Gasteiger partial charge in [0.25, 0.3) is 0 Å². The molecule has 0 aliphatic heterocycles. The van der Waals surface area contributed by atoms with Crippen LogP contribution < -0.4 is 0 Å². The molecule has 0 amide bonds. The van der Waals surface area contributed by atoms with Crippen molar-refractivity contribution in [3.05, 3.63) is 0 Å². The third-order valence-corrected chi connectivity index (χ3v) is 8.72. The standard InChI is InChI=1S/C29H38N6O6/c1-26(2,14-27(3,4)15-30-16-36)13-24(31-17-37)25(22-5-9-28(10-6-22,32-18-38)33-19-39)23-7-11-29(12-8-23,34-20-40)35-21-41/h22-25H,5-15H2,1-4H3. The minimum atomic E-state index is -1.19. The number of carbonyl (C=O) groups excluding carboxylic acids is 6. The van der Waals surface area contributed by atoms with Gasteiger partial charge in [-0.25, -0.2) is 38.8 Å². The molecule has 0 saturated heterocycles. The molecule has 0 aromatic rings. The van der Waals surface area contributed by atoms with Crippen molar-refractivity contribution in [2.45, 2.75) is 109 Å². The molecule has 2 aliphatic carbocycles. The van der Waals surface area contributed by atoms with E-state index < -0.39 is 17.4 Å². The fourth-order valence-electron chi connectivity index (χ4n) is 7.40. The lowest BCUT2D eigenvalue weighted by Gasteiger charge is -2.46. The highest BCUT2D eigenvalue weighted by Gasteiger charge is 2.47. The summed E-state index contributed by atoms with van der Waals surface area (Å²) in [6.07, 6.45) is 14.5. The van der Waals surface area contributed by atoms with Gasteiger partial charge in [0.15, 0.2) is 11.3 Å². The second kappa shape index (κ2) is 14.8. The van der Waals surface area contributed by atoms with Crippen molar-refractivity contribution in [1.82, 2.24) is 0 Å². The van der Waals surface area contributed by atoms with Crippen molar-refractivity contribution in [3.63, 3.8) is 0 Å². The van der Waals surface area contributed by atoms with E-state index in [0.717, 1.165) is 0 Å². The number of hydrogen-bond donors (Lipinski definition) is 0. The molecule has 12 nitrogen and oxygen atoms in total. The van der Waals surface area contributed by atoms with Gasteiger partial charge < -0.3 is 0 Å². The quantitative estimate of drug-likeness (QED) is 0.219. The number of aliphatic imine (C=N–C) groups is 6. The lowest BCUT2D eigenvalue weighted by atomic mass is 9.61. The normalized spacial score (nSPS) is 27.5. The van der Waals surface area contributed by atoms with Crippen LogP contribution in [0.2, 0.25) is 0 Å². The molecule has 1 atom stereocenters. The van der Waals surface area contributed by atoms with Crippen LogP contribution in [-0.2, 0) is 28.8 Å². The molecule has 2 saturated carbocycles. The predicted octanol–water partition coefficient (Wildman–Crippen LogP) is 4.59. The van der Waals surface area contributed by atoms with Crippen LogP contribution in [0.25, 0.3) is 0 Å². The van der Waals surface area contributed by atoms with Crippen molar-refractivity contribution in [1.29, 1.82) is 0 Å². The molecule has 2 aliphatic rings. The third kappa shape index (κ3) is 9.42. The van der Waals surface area contributed by atoms with E-state index in [9.17, 15) is 28.8 Å². The maximum Gasteiger partial charge on any atom is 0.237 e. The molecule has 0 radical (unpaired) electrons. The van der Waals surface area contributed by atoms with E-state index in [4.69, 9.17) is 0 Å². The Hall–Kier alpha value is -3.72. The first-order valence-electron chi connectivity index (χ1n) is 13.9. The van der Waals surface area contributed by atoms with Crippen LogP contribution in [0.3, 0.4) is 0 Å². The predicted molar refractivity (Wildman–Crippen MR) is 147 cm³/mol. The van der Waals surface area contributed by atoms with Gasteiger partial charge >= 0.3 is 0 Å². The Morgan fingerprint density at radius 1 is 0.634 bits per heavy atom. The molecule has 0 heterocycles. The number of nitrogens with zero attached hydrogens (tertiary/aromatic N) is 6. The van der Waals surface area contributed by atoms with Crippen LogP contribution in [0, 0.1) is 28.6 Å². The summed E-state index contributed by atoms with van der Waals surface area (Å²) >= 11 is 0. The molecular formula is C29H38N6O6. The first kappa shape index (κ1) is 33.5. The highest BCUT2D eigenvalue weighted by atomic mass is 16.1. The summed E-state index contributed by atoms with van der Waals surface area (Å²) in [5, 5.41) is 0. The summed E-state index contributed by atoms with van der Waals surface area (Å²) in [6.45, 7) is 8.56. The minimum Gasteiger partial charge on any atom is -0.211 e. The highest BCUT2D eigenvalue weighted by molar-refractivity contribution is 5.40. The summed E-state index contributed by atoms with van der Waals surface area (Å²) in [6, 6.07) is -0.406. The van der Waals surface area contributed by atoms with E-state index in [1.165, 1.54) is 24.3 Å². The fourth-order valence-corrected chi connectivity index (χ4v) is 7.40. The van der Waals surface area contributed by atoms with Crippen molar-refractivity contribution in [2.24, 2.45) is 58.5 Å². The first-order chi connectivity index (χ1) is 19.4. The maximum absolute atomic E-state index is 11.8. The molecule has 0 N–H and O–H groups in total. The SMILES string of the molecule is CC(C)(CN=C=O)CC(C)(C)CC(N=C=O)C(C1CCC(N=C=O)(N=C=O)CC1)C1CCC(N=C=O)(N=C=O)CC1. The lowest BCUT2D eigenvalue weighted by molar-refractivity contribution is 0.0633. The van der Waals surface area contributed by atoms with Gasteiger partial charge in [-0.15, -0.1) is 0 Å². The highest BCUT2D eigenvalue weighted by Crippen LogP contribution is 2.50. The molecule has 2 rings (SSSR count). The van der Waals surface area contributed by atoms with Gasteiger partial charge in [0.1, 0.15) is 0 Å². The van der Waals surface area contributed by atoms with Crippen LogP contribution in [0.1, 0.15) is 91.9 Å². The molecule has 0 aromatic carbocycles. The number of rotatable bonds is 14. The Bertz CT molecular complexity index is 1110. The second-order valence-electron chi connectivity index (χ2n) is 12.9. The van der Waals surface area contributed by atoms with E-state index in [-0.39, 0.29) is 28.6 Å². The summed E-state index contributed by atoms with van der Waals surface area (Å²) in [7, 11) is 0. The van der Waals surface area contributed by atoms with E-state index >= 15 is 0 Å². The summed E-state index contributed by atoms with van der Waals surface area (Å²) in [5.74, 6) is 0.0155. The van der Waals surface area contributed by atoms with Crippen molar-refractivity contribution in [3.8, 4) is 0 Å². The molecule has 0 aromatic heterocycles. The molecule has 0 spiro atoms. The Labute approximate surface area is 239 Å². The molecular weight excluding hydrogens is 528 g/mol. The van der Waals surface area contributed by atoms with Gasteiger partial charge in [-0.2, -0.15) is 20.0 Å². The zero-order valence-electron chi connectivity index (χ0n) is 24.2. The van der Waals surface area contributed by atoms with Gasteiger partial charge in [-0.3, -0.25) is 0 Å². The van der Waals surface area contributed by atoms with Crippen molar-refractivity contribution < 1.29 is 28.8 Å². The average Bonchev–Trinajstić information content (AvgIpc) is 2.90. The topological polar surface area (TPSA) is 177 Å². The Morgan fingerprint density at radius 2 is 1.05 bits per heavy atom. The number of isocyanates is 6. The molecule has 41 heavy (non-hydrogen) atoms. The zero-order valence-corrected chi connectivity index (χ0v) is 24.2. The maximum atomic E-state index is 11.8. The Morgan fingerprint density at radius 3 is 1.39 bits per heavy atom. The Balaban J connectivity index is 2.44. The van der Waals surface area contributed by atoms with Crippen LogP contribution in [0.15, 0.2) is 30.0 Å². The Kier molecular flexibility index (Phi) is 12.1. The average molecular weight is 567 g/mol. The van der Waals surface area contributed by atoms with Gasteiger partial charge in [-0.05, 0) is 92.8 Å². The minimum absolute atomic E-state index is 0.0547. The summed E-state index contributed by atoms with van der Waals surface area (Å²) in [5.41, 5.74) is -2.96. The number of hydrogen-bond acceptors (Lipinski definition) is 12. The van der Waals surface area contributed by atoms with Gasteiger partial charge in [-0.1, -0.05) is 27.7 Å². The second-order valence-corrected chi connectivity index (χ2v) is 12.9. The van der Waals surface area contributed by atoms with Gasteiger partial charge in [0.05, 0.1) is 12.6 Å². The third-order valence-electron chi connectivity index (χ3n) is 8.72. The van der Waals surface area contributed by atoms with E-state index in [1.54, 1.807) is 12.2 Å². The fraction of sp³-hybridized carbons (Fsp3) is 0.793. The van der Waals surface area contributed by atoms with E-state index in [2.05, 4.69) is 43.8 Å². The van der Waals surface area contributed by atoms with Gasteiger partial charge in [0, 0.05) is 0 Å². The molecule has 2 fully saturated rings. The summed E-state index contributed by atoms with van der Waals surface area (Å²) in [4.78, 5) is 90.2. The molecule has 0 bridgehead atoms. The van der Waals surface area contributed by atoms with Gasteiger partial charge in [0.2, 0.25) is 36.5 Å². The summed E-state index contributed by atoms with van der Waals surface area (Å²) < 4.78 is 0. The largest absolute Gasteiger partial charge is 0.237 e. The van der Waals surface area contributed by atoms with Crippen molar-refractivity contribution >= 4 is 36.5 Å². The molecule has 1 unspecified atom stereocenters. The molecule has 220 valence electrons. The monoisotopic (exact) mass is 566 g/mol. The smallest absolute Gasteiger partial charge is 0.211 e. The molecule has 12 heteroatoms. The van der Waals surface area contributed by atoms with Crippen LogP contribution >= 0.6 is 0 Å². The van der Waals surface area contributed by atoms with Crippen molar-refractivity contribution in [2.75, 3.05) is 6.54 Å². The lowest BCUT2D eigenvalue weighted by Crippen LogP contribution is -2.43. The van der Waals surface area contributed by atoms with Crippen LogP contribution in [-0.4, -0.2) is 60.4 Å². The van der Waals surface area contributed by atoms with Crippen LogP contribution in [0.5, 0.6) is 0 Å². The van der Waals surface area contributed by atoms with E-state index in [1.807, 2.05) is 13.8 Å². The van der Waals surface area contributed by atoms with Crippen LogP contribution in [0.4, 0.5) is 0 Å². The first-order valence-corrected chi connectivity index (χ1v) is 13.9. The van der Waals surface area contributed by atoms with E-state index in [0.29, 0.717) is 70.8 Å².